The Labute approximate surface area is 156 Å². The van der Waals surface area contributed by atoms with Gasteiger partial charge in [0.2, 0.25) is 0 Å². The molecule has 1 aliphatic heterocycles. The number of halogens is 1. The number of guanidine groups is 1. The van der Waals surface area contributed by atoms with E-state index < -0.39 is 0 Å². The number of nitrogens with one attached hydrogen (secondary N) is 1. The van der Waals surface area contributed by atoms with Crippen LogP contribution in [-0.4, -0.2) is 38.9 Å². The average molecular weight is 433 g/mol. The van der Waals surface area contributed by atoms with Gasteiger partial charge in [0, 0.05) is 31.4 Å². The summed E-state index contributed by atoms with van der Waals surface area (Å²) in [5.41, 5.74) is 8.16. The van der Waals surface area contributed by atoms with Gasteiger partial charge in [0.1, 0.15) is 0 Å². The molecule has 0 amide bonds. The summed E-state index contributed by atoms with van der Waals surface area (Å²) in [5.74, 6) is 1.03. The van der Waals surface area contributed by atoms with Crippen molar-refractivity contribution in [1.82, 2.24) is 0 Å². The van der Waals surface area contributed by atoms with Crippen molar-refractivity contribution in [2.24, 2.45) is 16.6 Å². The Balaban J connectivity index is 0.00000264. The number of ether oxygens (including phenoxy) is 2. The molecule has 1 fully saturated rings. The molecule has 1 heterocycles. The van der Waals surface area contributed by atoms with Crippen molar-refractivity contribution in [3.63, 3.8) is 0 Å². The van der Waals surface area contributed by atoms with Crippen LogP contribution in [0.2, 0.25) is 0 Å². The van der Waals surface area contributed by atoms with Gasteiger partial charge in [0.15, 0.2) is 5.96 Å². The molecule has 1 unspecified atom stereocenters. The van der Waals surface area contributed by atoms with Gasteiger partial charge in [0.05, 0.1) is 13.2 Å². The predicted molar refractivity (Wildman–Crippen MR) is 106 cm³/mol. The SMILES string of the molecule is CCc1cccc(NC(N)=NCCCOCC2CCOC2)c1.I. The van der Waals surface area contributed by atoms with Crippen molar-refractivity contribution in [2.45, 2.75) is 26.2 Å². The summed E-state index contributed by atoms with van der Waals surface area (Å²) in [7, 11) is 0. The molecule has 3 N–H and O–H groups in total. The van der Waals surface area contributed by atoms with Crippen molar-refractivity contribution >= 4 is 35.6 Å². The number of aryl methyl sites for hydroxylation is 1. The summed E-state index contributed by atoms with van der Waals surface area (Å²) in [5, 5.41) is 3.12. The Morgan fingerprint density at radius 2 is 2.35 bits per heavy atom. The van der Waals surface area contributed by atoms with Crippen LogP contribution in [0.3, 0.4) is 0 Å². The van der Waals surface area contributed by atoms with Crippen molar-refractivity contribution in [3.8, 4) is 0 Å². The van der Waals surface area contributed by atoms with E-state index in [2.05, 4.69) is 29.4 Å². The molecular weight excluding hydrogens is 405 g/mol. The molecule has 2 rings (SSSR count). The largest absolute Gasteiger partial charge is 0.381 e. The first-order chi connectivity index (χ1) is 10.8. The van der Waals surface area contributed by atoms with E-state index in [-0.39, 0.29) is 24.0 Å². The summed E-state index contributed by atoms with van der Waals surface area (Å²) in [4.78, 5) is 4.32. The second-order valence-corrected chi connectivity index (χ2v) is 5.60. The normalized spacial score (nSPS) is 17.8. The summed E-state index contributed by atoms with van der Waals surface area (Å²) in [6.07, 6.45) is 3.01. The second kappa shape index (κ2) is 11.6. The zero-order valence-electron chi connectivity index (χ0n) is 13.8. The maximum Gasteiger partial charge on any atom is 0.193 e. The van der Waals surface area contributed by atoms with Crippen LogP contribution in [0.5, 0.6) is 0 Å². The lowest BCUT2D eigenvalue weighted by molar-refractivity contribution is 0.0893. The highest BCUT2D eigenvalue weighted by Gasteiger charge is 2.14. The molecule has 0 saturated carbocycles. The van der Waals surface area contributed by atoms with Crippen LogP contribution in [0.15, 0.2) is 29.3 Å². The smallest absolute Gasteiger partial charge is 0.193 e. The monoisotopic (exact) mass is 433 g/mol. The van der Waals surface area contributed by atoms with E-state index in [4.69, 9.17) is 15.2 Å². The van der Waals surface area contributed by atoms with Crippen LogP contribution in [0.25, 0.3) is 0 Å². The fourth-order valence-corrected chi connectivity index (χ4v) is 2.39. The third kappa shape index (κ3) is 7.99. The molecule has 1 aromatic carbocycles. The van der Waals surface area contributed by atoms with Crippen molar-refractivity contribution in [3.05, 3.63) is 29.8 Å². The van der Waals surface area contributed by atoms with E-state index in [1.165, 1.54) is 5.56 Å². The Hall–Kier alpha value is -0.860. The minimum absolute atomic E-state index is 0. The van der Waals surface area contributed by atoms with E-state index in [1.807, 2.05) is 12.1 Å². The lowest BCUT2D eigenvalue weighted by Gasteiger charge is -2.08. The molecule has 0 aliphatic carbocycles. The van der Waals surface area contributed by atoms with Gasteiger partial charge >= 0.3 is 0 Å². The molecule has 1 aromatic rings. The Bertz CT molecular complexity index is 477. The van der Waals surface area contributed by atoms with Crippen LogP contribution in [0.4, 0.5) is 5.69 Å². The number of aliphatic imine (C=N–C) groups is 1. The van der Waals surface area contributed by atoms with Gasteiger partial charge in [-0.1, -0.05) is 19.1 Å². The first-order valence-electron chi connectivity index (χ1n) is 8.09. The van der Waals surface area contributed by atoms with Crippen LogP contribution >= 0.6 is 24.0 Å². The van der Waals surface area contributed by atoms with Gasteiger partial charge < -0.3 is 20.5 Å². The zero-order valence-corrected chi connectivity index (χ0v) is 16.1. The Kier molecular flexibility index (Phi) is 10.2. The highest BCUT2D eigenvalue weighted by atomic mass is 127. The highest BCUT2D eigenvalue weighted by Crippen LogP contribution is 2.12. The third-order valence-electron chi connectivity index (χ3n) is 3.71. The Morgan fingerprint density at radius 1 is 1.48 bits per heavy atom. The summed E-state index contributed by atoms with van der Waals surface area (Å²) in [6, 6.07) is 8.21. The van der Waals surface area contributed by atoms with Crippen LogP contribution in [-0.2, 0) is 15.9 Å². The molecular formula is C17H28IN3O2. The number of hydrogen-bond acceptors (Lipinski definition) is 3. The quantitative estimate of drug-likeness (QED) is 0.286. The first kappa shape index (κ1) is 20.2. The standard InChI is InChI=1S/C17H27N3O2.HI/c1-2-14-5-3-6-16(11-14)20-17(18)19-8-4-9-21-12-15-7-10-22-13-15;/h3,5-6,11,15H,2,4,7-10,12-13H2,1H3,(H3,18,19,20);1H. The third-order valence-corrected chi connectivity index (χ3v) is 3.71. The van der Waals surface area contributed by atoms with Crippen LogP contribution < -0.4 is 11.1 Å². The van der Waals surface area contributed by atoms with Crippen LogP contribution in [0.1, 0.15) is 25.3 Å². The molecule has 0 aromatic heterocycles. The van der Waals surface area contributed by atoms with Gasteiger partial charge in [-0.2, -0.15) is 0 Å². The number of benzene rings is 1. The number of nitrogens with zero attached hydrogens (tertiary/aromatic N) is 1. The average Bonchev–Trinajstić information content (AvgIpc) is 3.04. The van der Waals surface area contributed by atoms with E-state index in [0.717, 1.165) is 51.4 Å². The first-order valence-corrected chi connectivity index (χ1v) is 8.09. The lowest BCUT2D eigenvalue weighted by Crippen LogP contribution is -2.23. The molecule has 5 nitrogen and oxygen atoms in total. The number of nitrogens with two attached hydrogens (primary N) is 1. The summed E-state index contributed by atoms with van der Waals surface area (Å²) in [6.45, 7) is 6.03. The van der Waals surface area contributed by atoms with Gasteiger partial charge in [-0.3, -0.25) is 4.99 Å². The number of anilines is 1. The lowest BCUT2D eigenvalue weighted by atomic mass is 10.1. The minimum atomic E-state index is 0. The van der Waals surface area contributed by atoms with E-state index in [9.17, 15) is 0 Å². The minimum Gasteiger partial charge on any atom is -0.381 e. The predicted octanol–water partition coefficient (Wildman–Crippen LogP) is 3.04. The second-order valence-electron chi connectivity index (χ2n) is 5.60. The molecule has 130 valence electrons. The molecule has 0 bridgehead atoms. The zero-order chi connectivity index (χ0) is 15.6. The maximum atomic E-state index is 5.89. The molecule has 1 atom stereocenters. The fourth-order valence-electron chi connectivity index (χ4n) is 2.39. The molecule has 23 heavy (non-hydrogen) atoms. The number of rotatable bonds is 8. The maximum absolute atomic E-state index is 5.89. The van der Waals surface area contributed by atoms with E-state index in [1.54, 1.807) is 0 Å². The molecule has 1 saturated heterocycles. The number of hydrogen-bond donors (Lipinski definition) is 2. The van der Waals surface area contributed by atoms with Gasteiger partial charge in [-0.15, -0.1) is 24.0 Å². The molecule has 6 heteroatoms. The van der Waals surface area contributed by atoms with Gasteiger partial charge in [-0.25, -0.2) is 0 Å². The van der Waals surface area contributed by atoms with Crippen molar-refractivity contribution in [2.75, 3.05) is 38.3 Å². The summed E-state index contributed by atoms with van der Waals surface area (Å²) < 4.78 is 11.0. The fraction of sp³-hybridized carbons (Fsp3) is 0.588. The van der Waals surface area contributed by atoms with Crippen molar-refractivity contribution in [1.29, 1.82) is 0 Å². The van der Waals surface area contributed by atoms with Gasteiger partial charge in [-0.05, 0) is 37.0 Å². The summed E-state index contributed by atoms with van der Waals surface area (Å²) >= 11 is 0. The van der Waals surface area contributed by atoms with E-state index >= 15 is 0 Å². The molecule has 1 aliphatic rings. The van der Waals surface area contributed by atoms with E-state index in [0.29, 0.717) is 18.4 Å². The van der Waals surface area contributed by atoms with Crippen molar-refractivity contribution < 1.29 is 9.47 Å². The highest BCUT2D eigenvalue weighted by molar-refractivity contribution is 14.0. The van der Waals surface area contributed by atoms with Crippen LogP contribution in [0, 0.1) is 5.92 Å². The van der Waals surface area contributed by atoms with Gasteiger partial charge in [0.25, 0.3) is 0 Å². The molecule has 0 spiro atoms. The topological polar surface area (TPSA) is 68.9 Å². The Morgan fingerprint density at radius 3 is 3.09 bits per heavy atom. The molecule has 0 radical (unpaired) electrons.